The van der Waals surface area contributed by atoms with E-state index in [1.165, 1.54) is 6.20 Å². The average molecular weight is 422 g/mol. The lowest BCUT2D eigenvalue weighted by Gasteiger charge is -2.13. The minimum Gasteiger partial charge on any atom is -0.438 e. The summed E-state index contributed by atoms with van der Waals surface area (Å²) in [7, 11) is -3.71. The minimum atomic E-state index is -3.71. The fraction of sp³-hybridized carbons (Fsp3) is 0.217. The van der Waals surface area contributed by atoms with Gasteiger partial charge in [-0.3, -0.25) is 4.72 Å². The van der Waals surface area contributed by atoms with Crippen LogP contribution in [0.5, 0.6) is 11.6 Å². The number of rotatable bonds is 7. The van der Waals surface area contributed by atoms with E-state index in [4.69, 9.17) is 10.00 Å². The third-order valence-corrected chi connectivity index (χ3v) is 5.81. The van der Waals surface area contributed by atoms with E-state index >= 15 is 0 Å². The van der Waals surface area contributed by atoms with Crippen LogP contribution in [0.15, 0.2) is 65.7 Å². The molecule has 1 aromatic heterocycles. The van der Waals surface area contributed by atoms with Crippen molar-refractivity contribution in [2.75, 3.05) is 4.72 Å². The van der Waals surface area contributed by atoms with Crippen LogP contribution >= 0.6 is 0 Å². The zero-order valence-electron chi connectivity index (χ0n) is 17.1. The maximum Gasteiger partial charge on any atom is 0.261 e. The lowest BCUT2D eigenvalue weighted by atomic mass is 10.0. The average Bonchev–Trinajstić information content (AvgIpc) is 2.70. The number of hydrogen-bond donors (Lipinski definition) is 1. The summed E-state index contributed by atoms with van der Waals surface area (Å²) in [6, 6.07) is 17.2. The molecule has 0 saturated carbocycles. The highest BCUT2D eigenvalue weighted by molar-refractivity contribution is 7.92. The molecular weight excluding hydrogens is 398 g/mol. The molecule has 154 valence electrons. The fourth-order valence-corrected chi connectivity index (χ4v) is 4.09. The van der Waals surface area contributed by atoms with Gasteiger partial charge in [-0.1, -0.05) is 26.0 Å². The van der Waals surface area contributed by atoms with Crippen LogP contribution in [-0.2, 0) is 16.4 Å². The molecule has 0 aliphatic heterocycles. The smallest absolute Gasteiger partial charge is 0.261 e. The molecule has 0 bridgehead atoms. The van der Waals surface area contributed by atoms with Gasteiger partial charge in [0.15, 0.2) is 0 Å². The second-order valence-corrected chi connectivity index (χ2v) is 9.08. The quantitative estimate of drug-likeness (QED) is 0.576. The van der Waals surface area contributed by atoms with E-state index in [1.807, 2.05) is 18.2 Å². The number of nitrogens with zero attached hydrogens (tertiary/aromatic N) is 2. The molecule has 0 aliphatic rings. The van der Waals surface area contributed by atoms with Crippen molar-refractivity contribution in [3.05, 3.63) is 77.5 Å². The number of pyridine rings is 1. The fourth-order valence-electron chi connectivity index (χ4n) is 2.96. The Kier molecular flexibility index (Phi) is 6.38. The summed E-state index contributed by atoms with van der Waals surface area (Å²) in [4.78, 5) is 4.27. The van der Waals surface area contributed by atoms with Gasteiger partial charge in [0, 0.05) is 6.20 Å². The first-order valence-corrected chi connectivity index (χ1v) is 11.0. The Balaban J connectivity index is 1.77. The third-order valence-electron chi connectivity index (χ3n) is 4.43. The minimum absolute atomic E-state index is 0.203. The predicted octanol–water partition coefficient (Wildman–Crippen LogP) is 5.05. The normalized spacial score (nSPS) is 11.2. The molecule has 7 heteroatoms. The maximum atomic E-state index is 12.8. The molecule has 0 atom stereocenters. The van der Waals surface area contributed by atoms with Gasteiger partial charge in [0.25, 0.3) is 10.0 Å². The molecule has 1 N–H and O–H groups in total. The monoisotopic (exact) mass is 421 g/mol. The second-order valence-electron chi connectivity index (χ2n) is 7.39. The van der Waals surface area contributed by atoms with Crippen molar-refractivity contribution in [2.24, 2.45) is 5.92 Å². The van der Waals surface area contributed by atoms with Crippen molar-refractivity contribution in [3.8, 4) is 17.7 Å². The van der Waals surface area contributed by atoms with Gasteiger partial charge in [-0.2, -0.15) is 5.26 Å². The summed E-state index contributed by atoms with van der Waals surface area (Å²) >= 11 is 0. The number of ether oxygens (including phenoxy) is 1. The number of aryl methyl sites for hydroxylation is 1. The van der Waals surface area contributed by atoms with Gasteiger partial charge in [0.05, 0.1) is 10.6 Å². The van der Waals surface area contributed by atoms with Crippen molar-refractivity contribution >= 4 is 15.7 Å². The van der Waals surface area contributed by atoms with E-state index in [9.17, 15) is 8.42 Å². The van der Waals surface area contributed by atoms with Gasteiger partial charge in [0.2, 0.25) is 5.88 Å². The number of anilines is 1. The van der Waals surface area contributed by atoms with Crippen LogP contribution in [0.3, 0.4) is 0 Å². The summed E-state index contributed by atoms with van der Waals surface area (Å²) in [5.41, 5.74) is 2.56. The summed E-state index contributed by atoms with van der Waals surface area (Å²) in [5.74, 6) is 1.17. The Labute approximate surface area is 177 Å². The Morgan fingerprint density at radius 2 is 1.87 bits per heavy atom. The number of nitrogens with one attached hydrogen (secondary N) is 1. The van der Waals surface area contributed by atoms with Crippen molar-refractivity contribution in [1.82, 2.24) is 4.98 Å². The Morgan fingerprint density at radius 3 is 2.50 bits per heavy atom. The van der Waals surface area contributed by atoms with Gasteiger partial charge in [-0.25, -0.2) is 13.4 Å². The van der Waals surface area contributed by atoms with E-state index in [0.717, 1.165) is 12.0 Å². The molecule has 2 aromatic carbocycles. The van der Waals surface area contributed by atoms with E-state index < -0.39 is 10.0 Å². The van der Waals surface area contributed by atoms with Crippen molar-refractivity contribution in [1.29, 1.82) is 5.26 Å². The maximum absolute atomic E-state index is 12.8. The molecule has 0 fully saturated rings. The van der Waals surface area contributed by atoms with Crippen molar-refractivity contribution < 1.29 is 13.2 Å². The standard InChI is InChI=1S/C23H23N3O3S/c1-16(2)13-18-6-9-21(10-7-18)30(27,28)26-22-11-8-20(14-17(22)3)29-23-19(15-24)5-4-12-25-23/h4-12,14,16,26H,13H2,1-3H3. The summed E-state index contributed by atoms with van der Waals surface area (Å²) in [5, 5.41) is 9.14. The number of benzene rings is 2. The molecule has 6 nitrogen and oxygen atoms in total. The third kappa shape index (κ3) is 5.16. The molecule has 0 saturated heterocycles. The van der Waals surface area contributed by atoms with Crippen molar-refractivity contribution in [3.63, 3.8) is 0 Å². The lowest BCUT2D eigenvalue weighted by Crippen LogP contribution is -2.14. The molecule has 0 amide bonds. The summed E-state index contributed by atoms with van der Waals surface area (Å²) in [6.45, 7) is 6.02. The molecule has 0 unspecified atom stereocenters. The number of sulfonamides is 1. The molecule has 0 aliphatic carbocycles. The Hall–Kier alpha value is -3.37. The van der Waals surface area contributed by atoms with Crippen LogP contribution in [0.4, 0.5) is 5.69 Å². The highest BCUT2D eigenvalue weighted by atomic mass is 32.2. The topological polar surface area (TPSA) is 92.1 Å². The predicted molar refractivity (Wildman–Crippen MR) is 116 cm³/mol. The second kappa shape index (κ2) is 8.97. The molecule has 3 aromatic rings. The largest absolute Gasteiger partial charge is 0.438 e. The SMILES string of the molecule is Cc1cc(Oc2ncccc2C#N)ccc1NS(=O)(=O)c1ccc(CC(C)C)cc1. The first-order chi connectivity index (χ1) is 14.3. The van der Waals surface area contributed by atoms with Crippen LogP contribution in [0.1, 0.15) is 30.5 Å². The van der Waals surface area contributed by atoms with Crippen LogP contribution < -0.4 is 9.46 Å². The molecule has 30 heavy (non-hydrogen) atoms. The van der Waals surface area contributed by atoms with Gasteiger partial charge >= 0.3 is 0 Å². The zero-order chi connectivity index (χ0) is 21.7. The zero-order valence-corrected chi connectivity index (χ0v) is 17.9. The van der Waals surface area contributed by atoms with E-state index in [2.05, 4.69) is 23.6 Å². The lowest BCUT2D eigenvalue weighted by molar-refractivity contribution is 0.461. The molecular formula is C23H23N3O3S. The molecule has 0 spiro atoms. The molecule has 0 radical (unpaired) electrons. The number of hydrogen-bond acceptors (Lipinski definition) is 5. The van der Waals surface area contributed by atoms with Crippen LogP contribution in [0, 0.1) is 24.2 Å². The summed E-state index contributed by atoms with van der Waals surface area (Å²) < 4.78 is 33.8. The first-order valence-electron chi connectivity index (χ1n) is 9.54. The molecule has 3 rings (SSSR count). The van der Waals surface area contributed by atoms with Gasteiger partial charge in [-0.05, 0) is 72.9 Å². The van der Waals surface area contributed by atoms with E-state index in [-0.39, 0.29) is 10.8 Å². The van der Waals surface area contributed by atoms with Gasteiger partial charge in [0.1, 0.15) is 17.4 Å². The van der Waals surface area contributed by atoms with Crippen LogP contribution in [0.25, 0.3) is 0 Å². The van der Waals surface area contributed by atoms with Gasteiger partial charge < -0.3 is 4.74 Å². The first kappa shape index (κ1) is 21.3. The van der Waals surface area contributed by atoms with E-state index in [0.29, 0.717) is 28.5 Å². The number of nitriles is 1. The van der Waals surface area contributed by atoms with E-state index in [1.54, 1.807) is 49.4 Å². The highest BCUT2D eigenvalue weighted by Gasteiger charge is 2.16. The number of aromatic nitrogens is 1. The van der Waals surface area contributed by atoms with Crippen molar-refractivity contribution in [2.45, 2.75) is 32.1 Å². The Bertz CT molecular complexity index is 1180. The highest BCUT2D eigenvalue weighted by Crippen LogP contribution is 2.28. The van der Waals surface area contributed by atoms with Gasteiger partial charge in [-0.15, -0.1) is 0 Å². The van der Waals surface area contributed by atoms with Crippen LogP contribution in [-0.4, -0.2) is 13.4 Å². The Morgan fingerprint density at radius 1 is 1.13 bits per heavy atom. The summed E-state index contributed by atoms with van der Waals surface area (Å²) in [6.07, 6.45) is 2.44. The van der Waals surface area contributed by atoms with Crippen LogP contribution in [0.2, 0.25) is 0 Å². The molecule has 1 heterocycles.